The minimum atomic E-state index is 0.0815. The lowest BCUT2D eigenvalue weighted by Crippen LogP contribution is -2.08. The number of aromatic nitrogens is 2. The Morgan fingerprint density at radius 1 is 1.58 bits per heavy atom. The zero-order valence-corrected chi connectivity index (χ0v) is 6.93. The number of nitrogens with two attached hydrogens (primary N) is 1. The summed E-state index contributed by atoms with van der Waals surface area (Å²) in [5.74, 6) is 0.0815. The quantitative estimate of drug-likeness (QED) is 0.504. The largest absolute Gasteiger partial charge is 0.383 e. The first-order valence-electron chi connectivity index (χ1n) is 3.31. The van der Waals surface area contributed by atoms with Crippen LogP contribution < -0.4 is 5.73 Å². The van der Waals surface area contributed by atoms with Gasteiger partial charge in [-0.2, -0.15) is 0 Å². The van der Waals surface area contributed by atoms with E-state index in [1.165, 1.54) is 17.7 Å². The van der Waals surface area contributed by atoms with Crippen molar-refractivity contribution in [2.45, 2.75) is 0 Å². The standard InChI is InChI=1S/C7H6N4S/c8-7(9)5-1-4-6(12-5)2-10-3-11-4/h1-3H,(H3,8,9). The minimum Gasteiger partial charge on any atom is -0.383 e. The molecule has 3 N–H and O–H groups in total. The van der Waals surface area contributed by atoms with Gasteiger partial charge in [-0.3, -0.25) is 5.41 Å². The molecule has 0 spiro atoms. The van der Waals surface area contributed by atoms with Crippen molar-refractivity contribution in [1.82, 2.24) is 9.97 Å². The molecule has 12 heavy (non-hydrogen) atoms. The third kappa shape index (κ3) is 1.04. The summed E-state index contributed by atoms with van der Waals surface area (Å²) in [5, 5.41) is 7.21. The monoisotopic (exact) mass is 178 g/mol. The van der Waals surface area contributed by atoms with E-state index in [9.17, 15) is 0 Å². The third-order valence-electron chi connectivity index (χ3n) is 1.46. The topological polar surface area (TPSA) is 75.7 Å². The van der Waals surface area contributed by atoms with Gasteiger partial charge in [-0.05, 0) is 6.07 Å². The zero-order valence-electron chi connectivity index (χ0n) is 6.11. The number of amidine groups is 1. The molecule has 2 aromatic rings. The Balaban J connectivity index is 2.70. The molecule has 0 aromatic carbocycles. The molecule has 0 bridgehead atoms. The highest BCUT2D eigenvalue weighted by Crippen LogP contribution is 2.21. The molecule has 2 heterocycles. The Hall–Kier alpha value is -1.49. The van der Waals surface area contributed by atoms with Crippen LogP contribution in [0.2, 0.25) is 0 Å². The van der Waals surface area contributed by atoms with Crippen LogP contribution in [0, 0.1) is 5.41 Å². The molecule has 4 nitrogen and oxygen atoms in total. The van der Waals surface area contributed by atoms with E-state index >= 15 is 0 Å². The van der Waals surface area contributed by atoms with Gasteiger partial charge < -0.3 is 5.73 Å². The fourth-order valence-corrected chi connectivity index (χ4v) is 1.77. The van der Waals surface area contributed by atoms with Crippen LogP contribution in [-0.2, 0) is 0 Å². The normalized spacial score (nSPS) is 10.3. The molecule has 0 aliphatic carbocycles. The van der Waals surface area contributed by atoms with Gasteiger partial charge >= 0.3 is 0 Å². The first kappa shape index (κ1) is 7.17. The van der Waals surface area contributed by atoms with Crippen molar-refractivity contribution in [3.63, 3.8) is 0 Å². The van der Waals surface area contributed by atoms with Gasteiger partial charge in [-0.25, -0.2) is 9.97 Å². The highest BCUT2D eigenvalue weighted by molar-refractivity contribution is 7.20. The Kier molecular flexibility index (Phi) is 1.51. The van der Waals surface area contributed by atoms with Crippen LogP contribution in [0.25, 0.3) is 10.2 Å². The van der Waals surface area contributed by atoms with Gasteiger partial charge in [0.2, 0.25) is 0 Å². The number of fused-ring (bicyclic) bond motifs is 1. The number of rotatable bonds is 1. The lowest BCUT2D eigenvalue weighted by Gasteiger charge is -1.85. The minimum absolute atomic E-state index is 0.0815. The lowest BCUT2D eigenvalue weighted by atomic mass is 10.4. The second-order valence-electron chi connectivity index (χ2n) is 2.30. The first-order valence-corrected chi connectivity index (χ1v) is 4.13. The van der Waals surface area contributed by atoms with Crippen molar-refractivity contribution in [3.8, 4) is 0 Å². The molecule has 0 aliphatic rings. The average molecular weight is 178 g/mol. The maximum Gasteiger partial charge on any atom is 0.133 e. The molecule has 0 saturated carbocycles. The summed E-state index contributed by atoms with van der Waals surface area (Å²) in [6, 6.07) is 1.80. The molecule has 5 heteroatoms. The maximum atomic E-state index is 7.21. The third-order valence-corrected chi connectivity index (χ3v) is 2.55. The number of thiophene rings is 1. The van der Waals surface area contributed by atoms with Gasteiger partial charge in [0, 0.05) is 6.20 Å². The van der Waals surface area contributed by atoms with E-state index in [1.807, 2.05) is 0 Å². The maximum absolute atomic E-state index is 7.21. The van der Waals surface area contributed by atoms with Crippen LogP contribution in [0.4, 0.5) is 0 Å². The second-order valence-corrected chi connectivity index (χ2v) is 3.38. The highest BCUT2D eigenvalue weighted by Gasteiger charge is 2.03. The van der Waals surface area contributed by atoms with Gasteiger partial charge in [0.25, 0.3) is 0 Å². The van der Waals surface area contributed by atoms with E-state index in [2.05, 4.69) is 9.97 Å². The summed E-state index contributed by atoms with van der Waals surface area (Å²) < 4.78 is 0.961. The second kappa shape index (κ2) is 2.53. The van der Waals surface area contributed by atoms with Crippen LogP contribution in [0.15, 0.2) is 18.6 Å². The molecule has 2 rings (SSSR count). The summed E-state index contributed by atoms with van der Waals surface area (Å²) in [6.07, 6.45) is 3.21. The number of hydrogen-bond acceptors (Lipinski definition) is 4. The predicted octanol–water partition coefficient (Wildman–Crippen LogP) is 0.975. The van der Waals surface area contributed by atoms with Crippen molar-refractivity contribution >= 4 is 27.4 Å². The fourth-order valence-electron chi connectivity index (χ4n) is 0.918. The molecular formula is C7H6N4S. The molecule has 60 valence electrons. The van der Waals surface area contributed by atoms with Crippen molar-refractivity contribution in [3.05, 3.63) is 23.5 Å². The van der Waals surface area contributed by atoms with Crippen LogP contribution in [0.1, 0.15) is 4.88 Å². The van der Waals surface area contributed by atoms with E-state index < -0.39 is 0 Å². The summed E-state index contributed by atoms with van der Waals surface area (Å²) in [5.41, 5.74) is 6.17. The molecule has 0 fully saturated rings. The van der Waals surface area contributed by atoms with Crippen molar-refractivity contribution in [2.75, 3.05) is 0 Å². The van der Waals surface area contributed by atoms with Gasteiger partial charge in [-0.15, -0.1) is 11.3 Å². The van der Waals surface area contributed by atoms with Gasteiger partial charge in [0.05, 0.1) is 15.1 Å². The van der Waals surface area contributed by atoms with E-state index in [4.69, 9.17) is 11.1 Å². The fraction of sp³-hybridized carbons (Fsp3) is 0. The average Bonchev–Trinajstić information content (AvgIpc) is 2.46. The Labute approximate surface area is 72.6 Å². The summed E-state index contributed by atoms with van der Waals surface area (Å²) in [4.78, 5) is 8.65. The number of nitrogens with zero attached hydrogens (tertiary/aromatic N) is 2. The Bertz CT molecular complexity index is 401. The summed E-state index contributed by atoms with van der Waals surface area (Å²) in [7, 11) is 0. The molecular weight excluding hydrogens is 172 g/mol. The Morgan fingerprint density at radius 2 is 2.42 bits per heavy atom. The molecule has 0 saturated heterocycles. The highest BCUT2D eigenvalue weighted by atomic mass is 32.1. The van der Waals surface area contributed by atoms with Crippen molar-refractivity contribution in [2.24, 2.45) is 5.73 Å². The van der Waals surface area contributed by atoms with Crippen LogP contribution in [0.5, 0.6) is 0 Å². The van der Waals surface area contributed by atoms with E-state index in [1.54, 1.807) is 12.3 Å². The first-order chi connectivity index (χ1) is 5.77. The number of nitrogens with one attached hydrogen (secondary N) is 1. The van der Waals surface area contributed by atoms with Gasteiger partial charge in [0.15, 0.2) is 0 Å². The van der Waals surface area contributed by atoms with Crippen LogP contribution in [0.3, 0.4) is 0 Å². The van der Waals surface area contributed by atoms with Gasteiger partial charge in [-0.1, -0.05) is 0 Å². The molecule has 0 unspecified atom stereocenters. The van der Waals surface area contributed by atoms with E-state index in [0.29, 0.717) is 0 Å². The van der Waals surface area contributed by atoms with E-state index in [0.717, 1.165) is 15.1 Å². The SMILES string of the molecule is N=C(N)c1cc2ncncc2s1. The zero-order chi connectivity index (χ0) is 8.55. The molecule has 0 atom stereocenters. The van der Waals surface area contributed by atoms with Crippen molar-refractivity contribution in [1.29, 1.82) is 5.41 Å². The molecule has 2 aromatic heterocycles. The van der Waals surface area contributed by atoms with E-state index in [-0.39, 0.29) is 5.84 Å². The smallest absolute Gasteiger partial charge is 0.133 e. The Morgan fingerprint density at radius 3 is 3.08 bits per heavy atom. The lowest BCUT2D eigenvalue weighted by molar-refractivity contribution is 1.23. The summed E-state index contributed by atoms with van der Waals surface area (Å²) in [6.45, 7) is 0. The number of nitrogen functional groups attached to an aromatic ring is 1. The predicted molar refractivity (Wildman–Crippen MR) is 48.4 cm³/mol. The van der Waals surface area contributed by atoms with Gasteiger partial charge in [0.1, 0.15) is 12.2 Å². The number of hydrogen-bond donors (Lipinski definition) is 2. The van der Waals surface area contributed by atoms with Crippen molar-refractivity contribution < 1.29 is 0 Å². The van der Waals surface area contributed by atoms with Crippen LogP contribution in [-0.4, -0.2) is 15.8 Å². The molecule has 0 amide bonds. The molecule has 0 aliphatic heterocycles. The molecule has 0 radical (unpaired) electrons. The van der Waals surface area contributed by atoms with Crippen LogP contribution >= 0.6 is 11.3 Å². The summed E-state index contributed by atoms with van der Waals surface area (Å²) >= 11 is 1.43.